The van der Waals surface area contributed by atoms with E-state index in [1.54, 1.807) is 24.4 Å². The smallest absolute Gasteiger partial charge is 0.305 e. The van der Waals surface area contributed by atoms with Crippen molar-refractivity contribution in [3.8, 4) is 0 Å². The average molecular weight is 450 g/mol. The molecule has 172 valence electrons. The minimum Gasteiger partial charge on any atom is -0.481 e. The number of benzene rings is 2. The number of anilines is 1. The Morgan fingerprint density at radius 1 is 1.15 bits per heavy atom. The van der Waals surface area contributed by atoms with E-state index in [9.17, 15) is 14.0 Å². The topological polar surface area (TPSA) is 91.3 Å². The second kappa shape index (κ2) is 9.17. The van der Waals surface area contributed by atoms with Crippen LogP contribution >= 0.6 is 0 Å². The lowest BCUT2D eigenvalue weighted by Gasteiger charge is -2.47. The molecule has 0 aliphatic heterocycles. The lowest BCUT2D eigenvalue weighted by molar-refractivity contribution is -0.136. The summed E-state index contributed by atoms with van der Waals surface area (Å²) in [6.07, 6.45) is 3.79. The Labute approximate surface area is 192 Å². The number of amides is 1. The molecule has 1 aliphatic carbocycles. The molecule has 2 aromatic carbocycles. The van der Waals surface area contributed by atoms with Crippen molar-refractivity contribution in [2.24, 2.45) is 11.3 Å². The summed E-state index contributed by atoms with van der Waals surface area (Å²) in [5, 5.41) is 15.7. The third kappa shape index (κ3) is 5.48. The lowest BCUT2D eigenvalue weighted by atomic mass is 9.61. The summed E-state index contributed by atoms with van der Waals surface area (Å²) in [4.78, 5) is 27.4. The maximum absolute atomic E-state index is 13.7. The highest BCUT2D eigenvalue weighted by Crippen LogP contribution is 2.51. The predicted octanol–water partition coefficient (Wildman–Crippen LogP) is 5.17. The molecular weight excluding hydrogens is 421 g/mol. The number of hydrogen-bond donors (Lipinski definition) is 3. The first kappa shape index (κ1) is 22.7. The van der Waals surface area contributed by atoms with Crippen LogP contribution in [-0.4, -0.2) is 28.5 Å². The van der Waals surface area contributed by atoms with Crippen molar-refractivity contribution in [3.63, 3.8) is 0 Å². The largest absolute Gasteiger partial charge is 0.481 e. The van der Waals surface area contributed by atoms with Crippen LogP contribution < -0.4 is 10.6 Å². The molecular formula is C26H28FN3O3. The van der Waals surface area contributed by atoms with Gasteiger partial charge in [0.1, 0.15) is 5.82 Å². The van der Waals surface area contributed by atoms with Crippen molar-refractivity contribution < 1.29 is 19.1 Å². The van der Waals surface area contributed by atoms with Crippen LogP contribution in [0.2, 0.25) is 0 Å². The summed E-state index contributed by atoms with van der Waals surface area (Å²) in [7, 11) is 0. The van der Waals surface area contributed by atoms with Crippen molar-refractivity contribution in [2.45, 2.75) is 39.2 Å². The highest BCUT2D eigenvalue weighted by molar-refractivity contribution is 5.94. The van der Waals surface area contributed by atoms with Crippen molar-refractivity contribution in [1.29, 1.82) is 0 Å². The lowest BCUT2D eigenvalue weighted by Crippen LogP contribution is -2.38. The molecule has 1 heterocycles. The normalized spacial score (nSPS) is 16.1. The number of carboxylic acids is 1. The molecule has 0 bridgehead atoms. The van der Waals surface area contributed by atoms with Gasteiger partial charge in [0.15, 0.2) is 0 Å². The fourth-order valence-corrected chi connectivity index (χ4v) is 4.66. The maximum atomic E-state index is 13.7. The van der Waals surface area contributed by atoms with Crippen molar-refractivity contribution in [1.82, 2.24) is 10.3 Å². The number of pyridine rings is 1. The van der Waals surface area contributed by atoms with Gasteiger partial charge >= 0.3 is 5.97 Å². The number of halogens is 1. The maximum Gasteiger partial charge on any atom is 0.305 e. The van der Waals surface area contributed by atoms with E-state index in [1.807, 2.05) is 18.2 Å². The van der Waals surface area contributed by atoms with Crippen molar-refractivity contribution >= 4 is 28.5 Å². The van der Waals surface area contributed by atoms with Gasteiger partial charge in [0.2, 0.25) is 0 Å². The van der Waals surface area contributed by atoms with E-state index in [4.69, 9.17) is 5.11 Å². The molecule has 7 heteroatoms. The highest BCUT2D eigenvalue weighted by atomic mass is 19.1. The van der Waals surface area contributed by atoms with E-state index < -0.39 is 5.97 Å². The summed E-state index contributed by atoms with van der Waals surface area (Å²) in [5.74, 6) is -1.12. The molecule has 1 aliphatic rings. The molecule has 0 radical (unpaired) electrons. The Bertz CT molecular complexity index is 1170. The van der Waals surface area contributed by atoms with Crippen molar-refractivity contribution in [3.05, 3.63) is 71.7 Å². The van der Waals surface area contributed by atoms with Gasteiger partial charge in [-0.25, -0.2) is 4.39 Å². The first-order valence-corrected chi connectivity index (χ1v) is 11.1. The monoisotopic (exact) mass is 449 g/mol. The molecule has 1 amide bonds. The van der Waals surface area contributed by atoms with Gasteiger partial charge in [-0.1, -0.05) is 26.0 Å². The second-order valence-corrected chi connectivity index (χ2v) is 9.54. The van der Waals surface area contributed by atoms with E-state index in [-0.39, 0.29) is 30.7 Å². The zero-order chi connectivity index (χ0) is 23.6. The Morgan fingerprint density at radius 3 is 2.55 bits per heavy atom. The van der Waals surface area contributed by atoms with Crippen LogP contribution in [0.15, 0.2) is 54.7 Å². The standard InChI is InChI=1S/C26H28FN3O3/c1-26(2)13-19(14-26)24(30-21-12-18-11-20(27)7-8-22(18)29-15-21)16-3-5-17(6-4-16)25(33)28-10-9-23(31)32/h3-8,11-12,15,19,24,30H,9-10,13-14H2,1-2H3,(H,28,33)(H,31,32)/t24-/m0/s1. The molecule has 1 saturated carbocycles. The minimum atomic E-state index is -0.950. The van der Waals surface area contributed by atoms with Crippen LogP contribution in [0.5, 0.6) is 0 Å². The number of aromatic nitrogens is 1. The van der Waals surface area contributed by atoms with Gasteiger partial charge in [0, 0.05) is 17.5 Å². The molecule has 4 rings (SSSR count). The molecule has 0 unspecified atom stereocenters. The number of nitrogens with zero attached hydrogens (tertiary/aromatic N) is 1. The molecule has 1 fully saturated rings. The predicted molar refractivity (Wildman–Crippen MR) is 126 cm³/mol. The summed E-state index contributed by atoms with van der Waals surface area (Å²) in [6.45, 7) is 4.60. The van der Waals surface area contributed by atoms with Gasteiger partial charge in [0.25, 0.3) is 5.91 Å². The van der Waals surface area contributed by atoms with E-state index in [2.05, 4.69) is 29.5 Å². The van der Waals surface area contributed by atoms with E-state index in [0.717, 1.165) is 35.0 Å². The second-order valence-electron chi connectivity index (χ2n) is 9.54. The Hall–Kier alpha value is -3.48. The molecule has 0 saturated heterocycles. The zero-order valence-corrected chi connectivity index (χ0v) is 18.8. The van der Waals surface area contributed by atoms with Crippen LogP contribution in [0.3, 0.4) is 0 Å². The molecule has 6 nitrogen and oxygen atoms in total. The average Bonchev–Trinajstić information content (AvgIpc) is 2.75. The zero-order valence-electron chi connectivity index (χ0n) is 18.8. The molecule has 0 spiro atoms. The van der Waals surface area contributed by atoms with E-state index in [1.165, 1.54) is 12.1 Å². The first-order valence-electron chi connectivity index (χ1n) is 11.1. The van der Waals surface area contributed by atoms with Gasteiger partial charge in [-0.15, -0.1) is 0 Å². The SMILES string of the molecule is CC1(C)CC([C@@H](Nc2cnc3ccc(F)cc3c2)c2ccc(C(=O)NCCC(=O)O)cc2)C1. The quantitative estimate of drug-likeness (QED) is 0.441. The third-order valence-electron chi connectivity index (χ3n) is 6.22. The Balaban J connectivity index is 1.54. The number of carbonyl (C=O) groups excluding carboxylic acids is 1. The van der Waals surface area contributed by atoms with Crippen LogP contribution in [0, 0.1) is 17.2 Å². The Kier molecular flexibility index (Phi) is 6.31. The number of nitrogens with one attached hydrogen (secondary N) is 2. The number of hydrogen-bond acceptors (Lipinski definition) is 4. The van der Waals surface area contributed by atoms with Gasteiger partial charge < -0.3 is 15.7 Å². The molecule has 3 aromatic rings. The van der Waals surface area contributed by atoms with E-state index in [0.29, 0.717) is 16.9 Å². The summed E-state index contributed by atoms with van der Waals surface area (Å²) in [6, 6.07) is 13.9. The fraction of sp³-hybridized carbons (Fsp3) is 0.346. The van der Waals surface area contributed by atoms with E-state index >= 15 is 0 Å². The molecule has 1 aromatic heterocycles. The van der Waals surface area contributed by atoms with Gasteiger partial charge in [-0.3, -0.25) is 14.6 Å². The van der Waals surface area contributed by atoms with Crippen LogP contribution in [0.25, 0.3) is 10.9 Å². The number of carbonyl (C=O) groups is 2. The van der Waals surface area contributed by atoms with Crippen LogP contribution in [0.1, 0.15) is 55.1 Å². The molecule has 1 atom stereocenters. The number of fused-ring (bicyclic) bond motifs is 1. The fourth-order valence-electron chi connectivity index (χ4n) is 4.66. The summed E-state index contributed by atoms with van der Waals surface area (Å²) < 4.78 is 13.7. The van der Waals surface area contributed by atoms with Crippen molar-refractivity contribution in [2.75, 3.05) is 11.9 Å². The summed E-state index contributed by atoms with van der Waals surface area (Å²) in [5.41, 5.74) is 3.38. The number of carboxylic acid groups (broad SMARTS) is 1. The molecule has 3 N–H and O–H groups in total. The highest BCUT2D eigenvalue weighted by Gasteiger charge is 2.41. The van der Waals surface area contributed by atoms with Gasteiger partial charge in [0.05, 0.1) is 29.9 Å². The Morgan fingerprint density at radius 2 is 1.88 bits per heavy atom. The summed E-state index contributed by atoms with van der Waals surface area (Å²) >= 11 is 0. The van der Waals surface area contributed by atoms with Crippen LogP contribution in [0.4, 0.5) is 10.1 Å². The van der Waals surface area contributed by atoms with Gasteiger partial charge in [-0.2, -0.15) is 0 Å². The molecule has 33 heavy (non-hydrogen) atoms. The third-order valence-corrected chi connectivity index (χ3v) is 6.22. The number of rotatable bonds is 8. The van der Waals surface area contributed by atoms with Crippen LogP contribution in [-0.2, 0) is 4.79 Å². The number of aliphatic carboxylic acids is 1. The van der Waals surface area contributed by atoms with Gasteiger partial charge in [-0.05, 0) is 66.1 Å². The first-order chi connectivity index (χ1) is 15.7. The minimum absolute atomic E-state index is 0.0231.